The molecule has 1 N–H and O–H groups in total. The highest BCUT2D eigenvalue weighted by molar-refractivity contribution is 14.1. The summed E-state index contributed by atoms with van der Waals surface area (Å²) in [5.41, 5.74) is 0. The molecule has 0 spiro atoms. The summed E-state index contributed by atoms with van der Waals surface area (Å²) in [5.74, 6) is 0. The second kappa shape index (κ2) is 3.49. The molecule has 0 bridgehead atoms. The zero-order valence-electron chi connectivity index (χ0n) is 5.66. The standard InChI is InChI=1S/C6H4ClIO3S/c7-4-2-1-3-5(6(4)8)12(9,10)11/h1-3H,(H,9,10,11). The highest BCUT2D eigenvalue weighted by atomic mass is 127. The maximum Gasteiger partial charge on any atom is 0.295 e. The van der Waals surface area contributed by atoms with Crippen LogP contribution in [0.4, 0.5) is 0 Å². The van der Waals surface area contributed by atoms with Crippen molar-refractivity contribution in [3.63, 3.8) is 0 Å². The first kappa shape index (κ1) is 10.2. The maximum atomic E-state index is 10.7. The van der Waals surface area contributed by atoms with Crippen molar-refractivity contribution in [3.05, 3.63) is 26.8 Å². The molecule has 0 saturated heterocycles. The largest absolute Gasteiger partial charge is 0.295 e. The summed E-state index contributed by atoms with van der Waals surface area (Å²) in [6.45, 7) is 0. The molecule has 0 aromatic heterocycles. The molecule has 0 aliphatic heterocycles. The highest BCUT2D eigenvalue weighted by Gasteiger charge is 2.14. The van der Waals surface area contributed by atoms with Crippen LogP contribution in [-0.4, -0.2) is 13.0 Å². The molecule has 1 aromatic carbocycles. The van der Waals surface area contributed by atoms with Gasteiger partial charge in [-0.2, -0.15) is 8.42 Å². The normalized spacial score (nSPS) is 11.6. The van der Waals surface area contributed by atoms with E-state index in [0.29, 0.717) is 8.59 Å². The molecule has 0 fully saturated rings. The molecule has 0 heterocycles. The Bertz CT molecular complexity index is 401. The van der Waals surface area contributed by atoms with E-state index in [2.05, 4.69) is 0 Å². The molecule has 0 saturated carbocycles. The molecular weight excluding hydrogens is 314 g/mol. The van der Waals surface area contributed by atoms with Gasteiger partial charge in [0, 0.05) is 0 Å². The lowest BCUT2D eigenvalue weighted by Crippen LogP contribution is -2.00. The van der Waals surface area contributed by atoms with E-state index in [-0.39, 0.29) is 4.90 Å². The second-order valence-electron chi connectivity index (χ2n) is 2.03. The SMILES string of the molecule is O=S(=O)(O)c1cccc(Cl)c1I. The van der Waals surface area contributed by atoms with Gasteiger partial charge in [-0.3, -0.25) is 4.55 Å². The van der Waals surface area contributed by atoms with Crippen molar-refractivity contribution >= 4 is 44.3 Å². The molecule has 12 heavy (non-hydrogen) atoms. The molecule has 66 valence electrons. The van der Waals surface area contributed by atoms with E-state index < -0.39 is 10.1 Å². The molecule has 0 unspecified atom stereocenters. The second-order valence-corrected chi connectivity index (χ2v) is 4.90. The lowest BCUT2D eigenvalue weighted by Gasteiger charge is -2.00. The van der Waals surface area contributed by atoms with Crippen molar-refractivity contribution in [1.29, 1.82) is 0 Å². The number of hydrogen-bond donors (Lipinski definition) is 1. The van der Waals surface area contributed by atoms with Crippen LogP contribution in [0.15, 0.2) is 23.1 Å². The fraction of sp³-hybridized carbons (Fsp3) is 0. The van der Waals surface area contributed by atoms with Crippen molar-refractivity contribution in [2.45, 2.75) is 4.90 Å². The van der Waals surface area contributed by atoms with Crippen molar-refractivity contribution < 1.29 is 13.0 Å². The molecule has 3 nitrogen and oxygen atoms in total. The lowest BCUT2D eigenvalue weighted by molar-refractivity contribution is 0.482. The van der Waals surface area contributed by atoms with Crippen LogP contribution in [0.25, 0.3) is 0 Å². The molecule has 0 radical (unpaired) electrons. The predicted molar refractivity (Wildman–Crippen MR) is 54.0 cm³/mol. The third-order valence-corrected chi connectivity index (χ3v) is 4.25. The van der Waals surface area contributed by atoms with Gasteiger partial charge in [0.15, 0.2) is 0 Å². The zero-order valence-corrected chi connectivity index (χ0v) is 9.39. The minimum atomic E-state index is -4.15. The third kappa shape index (κ3) is 2.09. The van der Waals surface area contributed by atoms with E-state index in [0.717, 1.165) is 0 Å². The Balaban J connectivity index is 3.47. The van der Waals surface area contributed by atoms with Gasteiger partial charge in [0.1, 0.15) is 4.90 Å². The van der Waals surface area contributed by atoms with Crippen LogP contribution in [0.1, 0.15) is 0 Å². The van der Waals surface area contributed by atoms with Crippen LogP contribution in [0.2, 0.25) is 5.02 Å². The average Bonchev–Trinajstić information content (AvgIpc) is 1.92. The van der Waals surface area contributed by atoms with E-state index in [1.54, 1.807) is 28.7 Å². The topological polar surface area (TPSA) is 54.4 Å². The lowest BCUT2D eigenvalue weighted by atomic mass is 10.4. The Morgan fingerprint density at radius 2 is 2.00 bits per heavy atom. The van der Waals surface area contributed by atoms with Crippen LogP contribution in [0, 0.1) is 3.57 Å². The highest BCUT2D eigenvalue weighted by Crippen LogP contribution is 2.24. The zero-order chi connectivity index (χ0) is 9.35. The van der Waals surface area contributed by atoms with Gasteiger partial charge in [0.25, 0.3) is 10.1 Å². The summed E-state index contributed by atoms with van der Waals surface area (Å²) in [6, 6.07) is 4.31. The number of rotatable bonds is 1. The molecule has 0 aliphatic carbocycles. The Labute approximate surface area is 88.6 Å². The predicted octanol–water partition coefficient (Wildman–Crippen LogP) is 2.19. The Morgan fingerprint density at radius 3 is 2.42 bits per heavy atom. The quantitative estimate of drug-likeness (QED) is 0.638. The van der Waals surface area contributed by atoms with Crippen LogP contribution < -0.4 is 0 Å². The van der Waals surface area contributed by atoms with Gasteiger partial charge in [-0.15, -0.1) is 0 Å². The molecule has 0 atom stereocenters. The summed E-state index contributed by atoms with van der Waals surface area (Å²) in [6.07, 6.45) is 0. The van der Waals surface area contributed by atoms with Gasteiger partial charge in [-0.25, -0.2) is 0 Å². The van der Waals surface area contributed by atoms with Crippen LogP contribution >= 0.6 is 34.2 Å². The first-order valence-electron chi connectivity index (χ1n) is 2.84. The van der Waals surface area contributed by atoms with Crippen molar-refractivity contribution in [1.82, 2.24) is 0 Å². The molecule has 6 heteroatoms. The van der Waals surface area contributed by atoms with Crippen molar-refractivity contribution in [2.75, 3.05) is 0 Å². The smallest absolute Gasteiger partial charge is 0.282 e. The minimum absolute atomic E-state index is 0.157. The van der Waals surface area contributed by atoms with E-state index >= 15 is 0 Å². The monoisotopic (exact) mass is 318 g/mol. The minimum Gasteiger partial charge on any atom is -0.282 e. The van der Waals surface area contributed by atoms with Gasteiger partial charge in [0.2, 0.25) is 0 Å². The summed E-state index contributed by atoms with van der Waals surface area (Å²) < 4.78 is 30.4. The summed E-state index contributed by atoms with van der Waals surface area (Å²) in [4.78, 5) is -0.157. The molecule has 1 rings (SSSR count). The van der Waals surface area contributed by atoms with Gasteiger partial charge >= 0.3 is 0 Å². The fourth-order valence-electron chi connectivity index (χ4n) is 0.683. The molecule has 1 aromatic rings. The fourth-order valence-corrected chi connectivity index (χ4v) is 2.70. The maximum absolute atomic E-state index is 10.7. The summed E-state index contributed by atoms with van der Waals surface area (Å²) in [5, 5.41) is 0.311. The Morgan fingerprint density at radius 1 is 1.42 bits per heavy atom. The number of hydrogen-bond acceptors (Lipinski definition) is 2. The van der Waals surface area contributed by atoms with Crippen LogP contribution in [-0.2, 0) is 10.1 Å². The van der Waals surface area contributed by atoms with Crippen LogP contribution in [0.3, 0.4) is 0 Å². The van der Waals surface area contributed by atoms with Gasteiger partial charge in [-0.1, -0.05) is 17.7 Å². The van der Waals surface area contributed by atoms with Gasteiger partial charge < -0.3 is 0 Å². The molecule has 0 aliphatic rings. The van der Waals surface area contributed by atoms with Gasteiger partial charge in [0.05, 0.1) is 8.59 Å². The van der Waals surface area contributed by atoms with E-state index in [4.69, 9.17) is 16.2 Å². The third-order valence-electron chi connectivity index (χ3n) is 1.19. The van der Waals surface area contributed by atoms with Crippen LogP contribution in [0.5, 0.6) is 0 Å². The van der Waals surface area contributed by atoms with E-state index in [1.807, 2.05) is 0 Å². The average molecular weight is 319 g/mol. The number of halogens is 2. The van der Waals surface area contributed by atoms with E-state index in [9.17, 15) is 8.42 Å². The Kier molecular flexibility index (Phi) is 2.97. The first-order valence-corrected chi connectivity index (χ1v) is 5.74. The summed E-state index contributed by atoms with van der Waals surface area (Å²) >= 11 is 7.40. The van der Waals surface area contributed by atoms with Crippen molar-refractivity contribution in [3.8, 4) is 0 Å². The molecular formula is C6H4ClIO3S. The van der Waals surface area contributed by atoms with Crippen molar-refractivity contribution in [2.24, 2.45) is 0 Å². The number of benzene rings is 1. The Hall–Kier alpha value is 0.150. The van der Waals surface area contributed by atoms with Gasteiger partial charge in [-0.05, 0) is 34.7 Å². The first-order chi connectivity index (χ1) is 5.43. The molecule has 0 amide bonds. The van der Waals surface area contributed by atoms with E-state index in [1.165, 1.54) is 12.1 Å². The summed E-state index contributed by atoms with van der Waals surface area (Å²) in [7, 11) is -4.15.